The Balaban J connectivity index is 3.60. The molecule has 0 aromatic carbocycles. The van der Waals surface area contributed by atoms with E-state index in [1.807, 2.05) is 13.8 Å². The van der Waals surface area contributed by atoms with Crippen LogP contribution in [0.4, 0.5) is 0 Å². The van der Waals surface area contributed by atoms with E-state index in [1.54, 1.807) is 6.08 Å². The van der Waals surface area contributed by atoms with E-state index in [2.05, 4.69) is 17.2 Å². The number of amides is 2. The third kappa shape index (κ3) is 7.34. The predicted molar refractivity (Wildman–Crippen MR) is 55.7 cm³/mol. The smallest absolute Gasteiger partial charge is 0.229 e. The van der Waals surface area contributed by atoms with Crippen LogP contribution >= 0.6 is 0 Å². The Labute approximate surface area is 84.8 Å². The van der Waals surface area contributed by atoms with Gasteiger partial charge in [0.1, 0.15) is 6.42 Å². The first-order chi connectivity index (χ1) is 6.56. The minimum Gasteiger partial charge on any atom is -0.355 e. The fourth-order valence-electron chi connectivity index (χ4n) is 0.775. The van der Waals surface area contributed by atoms with E-state index in [4.69, 9.17) is 0 Å². The molecule has 4 heteroatoms. The largest absolute Gasteiger partial charge is 0.355 e. The van der Waals surface area contributed by atoms with Crippen LogP contribution in [0.25, 0.3) is 0 Å². The average molecular weight is 198 g/mol. The fourth-order valence-corrected chi connectivity index (χ4v) is 0.775. The second kappa shape index (κ2) is 7.12. The molecular formula is C10H18N2O2. The average Bonchev–Trinajstić information content (AvgIpc) is 2.11. The summed E-state index contributed by atoms with van der Waals surface area (Å²) in [4.78, 5) is 22.2. The summed E-state index contributed by atoms with van der Waals surface area (Å²) in [6, 6.07) is 0. The van der Waals surface area contributed by atoms with E-state index in [9.17, 15) is 9.59 Å². The van der Waals surface area contributed by atoms with Gasteiger partial charge in [-0.3, -0.25) is 9.59 Å². The molecule has 0 saturated heterocycles. The van der Waals surface area contributed by atoms with Crippen molar-refractivity contribution in [2.24, 2.45) is 5.92 Å². The van der Waals surface area contributed by atoms with Gasteiger partial charge in [0, 0.05) is 13.1 Å². The number of nitrogens with one attached hydrogen (secondary N) is 2. The van der Waals surface area contributed by atoms with Crippen LogP contribution in [0.2, 0.25) is 0 Å². The van der Waals surface area contributed by atoms with Crippen LogP contribution in [-0.2, 0) is 9.59 Å². The second-order valence-electron chi connectivity index (χ2n) is 3.47. The molecule has 4 nitrogen and oxygen atoms in total. The maximum absolute atomic E-state index is 11.1. The van der Waals surface area contributed by atoms with Gasteiger partial charge in [0.2, 0.25) is 11.8 Å². The lowest BCUT2D eigenvalue weighted by Crippen LogP contribution is -2.33. The number of hydrogen-bond donors (Lipinski definition) is 2. The van der Waals surface area contributed by atoms with Gasteiger partial charge in [-0.05, 0) is 5.92 Å². The van der Waals surface area contributed by atoms with Crippen LogP contribution in [0.15, 0.2) is 12.7 Å². The zero-order chi connectivity index (χ0) is 11.0. The maximum atomic E-state index is 11.1. The summed E-state index contributed by atoms with van der Waals surface area (Å²) in [6.45, 7) is 8.46. The lowest BCUT2D eigenvalue weighted by atomic mass is 10.2. The van der Waals surface area contributed by atoms with Crippen molar-refractivity contribution < 1.29 is 9.59 Å². The van der Waals surface area contributed by atoms with Crippen LogP contribution in [0.5, 0.6) is 0 Å². The molecule has 0 radical (unpaired) electrons. The molecule has 0 aliphatic rings. The first-order valence-corrected chi connectivity index (χ1v) is 4.70. The Hall–Kier alpha value is -1.32. The standard InChI is InChI=1S/C10H18N2O2/c1-4-5-11-9(13)6-10(14)12-7-8(2)3/h4,8H,1,5-7H2,2-3H3,(H,11,13)(H,12,14). The van der Waals surface area contributed by atoms with Crippen molar-refractivity contribution in [3.63, 3.8) is 0 Å². The molecule has 0 atom stereocenters. The highest BCUT2D eigenvalue weighted by Crippen LogP contribution is 1.88. The SMILES string of the molecule is C=CCNC(=O)CC(=O)NCC(C)C. The number of hydrogen-bond acceptors (Lipinski definition) is 2. The molecule has 0 heterocycles. The molecule has 2 N–H and O–H groups in total. The van der Waals surface area contributed by atoms with Crippen LogP contribution in [0.1, 0.15) is 20.3 Å². The van der Waals surface area contributed by atoms with Crippen LogP contribution in [0.3, 0.4) is 0 Å². The van der Waals surface area contributed by atoms with Crippen molar-refractivity contribution in [3.05, 3.63) is 12.7 Å². The molecule has 0 bridgehead atoms. The Morgan fingerprint density at radius 2 is 1.86 bits per heavy atom. The highest BCUT2D eigenvalue weighted by atomic mass is 16.2. The van der Waals surface area contributed by atoms with Crippen molar-refractivity contribution in [1.82, 2.24) is 10.6 Å². The Bertz CT molecular complexity index is 212. The molecule has 0 aliphatic carbocycles. The highest BCUT2D eigenvalue weighted by Gasteiger charge is 2.07. The normalized spacial score (nSPS) is 9.64. The van der Waals surface area contributed by atoms with Gasteiger partial charge >= 0.3 is 0 Å². The molecule has 2 amide bonds. The number of carbonyl (C=O) groups excluding carboxylic acids is 2. The molecule has 0 aromatic heterocycles. The van der Waals surface area contributed by atoms with Gasteiger partial charge in [-0.1, -0.05) is 19.9 Å². The van der Waals surface area contributed by atoms with E-state index in [1.165, 1.54) is 0 Å². The van der Waals surface area contributed by atoms with Gasteiger partial charge < -0.3 is 10.6 Å². The zero-order valence-electron chi connectivity index (χ0n) is 8.80. The molecule has 0 saturated carbocycles. The van der Waals surface area contributed by atoms with Gasteiger partial charge in [-0.15, -0.1) is 6.58 Å². The topological polar surface area (TPSA) is 58.2 Å². The summed E-state index contributed by atoms with van der Waals surface area (Å²) in [7, 11) is 0. The molecule has 0 aromatic rings. The van der Waals surface area contributed by atoms with E-state index < -0.39 is 0 Å². The van der Waals surface area contributed by atoms with Crippen molar-refractivity contribution in [1.29, 1.82) is 0 Å². The van der Waals surface area contributed by atoms with Gasteiger partial charge in [-0.2, -0.15) is 0 Å². The molecule has 80 valence electrons. The third-order valence-electron chi connectivity index (χ3n) is 1.47. The summed E-state index contributed by atoms with van der Waals surface area (Å²) in [6.07, 6.45) is 1.46. The van der Waals surface area contributed by atoms with E-state index >= 15 is 0 Å². The predicted octanol–water partition coefficient (Wildman–Crippen LogP) is 0.451. The Morgan fingerprint density at radius 3 is 2.36 bits per heavy atom. The van der Waals surface area contributed by atoms with Crippen molar-refractivity contribution in [2.45, 2.75) is 20.3 Å². The van der Waals surface area contributed by atoms with Crippen LogP contribution in [0, 0.1) is 5.92 Å². The number of rotatable bonds is 6. The summed E-state index contributed by atoms with van der Waals surface area (Å²) >= 11 is 0. The molecule has 0 spiro atoms. The lowest BCUT2D eigenvalue weighted by molar-refractivity contribution is -0.129. The van der Waals surface area contributed by atoms with Crippen LogP contribution < -0.4 is 10.6 Å². The first-order valence-electron chi connectivity index (χ1n) is 4.70. The van der Waals surface area contributed by atoms with Crippen LogP contribution in [-0.4, -0.2) is 24.9 Å². The molecule has 14 heavy (non-hydrogen) atoms. The molecule has 0 aliphatic heterocycles. The second-order valence-corrected chi connectivity index (χ2v) is 3.47. The Kier molecular flexibility index (Phi) is 6.45. The number of carbonyl (C=O) groups is 2. The minimum absolute atomic E-state index is 0.111. The molecular weight excluding hydrogens is 180 g/mol. The Morgan fingerprint density at radius 1 is 1.29 bits per heavy atom. The maximum Gasteiger partial charge on any atom is 0.229 e. The van der Waals surface area contributed by atoms with Gasteiger partial charge in [0.15, 0.2) is 0 Å². The lowest BCUT2D eigenvalue weighted by Gasteiger charge is -2.07. The van der Waals surface area contributed by atoms with Gasteiger partial charge in [-0.25, -0.2) is 0 Å². The van der Waals surface area contributed by atoms with Crippen molar-refractivity contribution in [2.75, 3.05) is 13.1 Å². The van der Waals surface area contributed by atoms with Crippen molar-refractivity contribution in [3.8, 4) is 0 Å². The molecule has 0 fully saturated rings. The monoisotopic (exact) mass is 198 g/mol. The van der Waals surface area contributed by atoms with Gasteiger partial charge in [0.05, 0.1) is 0 Å². The first kappa shape index (κ1) is 12.7. The van der Waals surface area contributed by atoms with E-state index in [0.29, 0.717) is 19.0 Å². The summed E-state index contributed by atoms with van der Waals surface area (Å²) in [5.41, 5.74) is 0. The summed E-state index contributed by atoms with van der Waals surface area (Å²) in [5, 5.41) is 5.20. The zero-order valence-corrected chi connectivity index (χ0v) is 8.80. The summed E-state index contributed by atoms with van der Waals surface area (Å²) < 4.78 is 0. The quantitative estimate of drug-likeness (QED) is 0.481. The highest BCUT2D eigenvalue weighted by molar-refractivity contribution is 5.96. The van der Waals surface area contributed by atoms with Crippen molar-refractivity contribution >= 4 is 11.8 Å². The van der Waals surface area contributed by atoms with Gasteiger partial charge in [0.25, 0.3) is 0 Å². The molecule has 0 rings (SSSR count). The fraction of sp³-hybridized carbons (Fsp3) is 0.600. The van der Waals surface area contributed by atoms with E-state index in [0.717, 1.165) is 0 Å². The minimum atomic E-state index is -0.272. The van der Waals surface area contributed by atoms with E-state index in [-0.39, 0.29) is 18.2 Å². The third-order valence-corrected chi connectivity index (χ3v) is 1.47. The molecule has 0 unspecified atom stereocenters. The summed E-state index contributed by atoms with van der Waals surface area (Å²) in [5.74, 6) is -0.110.